The molecular weight excluding hydrogens is 438 g/mol. The molecule has 3 rings (SSSR count). The minimum absolute atomic E-state index is 0.0204. The third-order valence-corrected chi connectivity index (χ3v) is 5.21. The molecule has 0 bridgehead atoms. The van der Waals surface area contributed by atoms with E-state index in [1.807, 2.05) is 0 Å². The number of fused-ring (bicyclic) bond motifs is 1. The summed E-state index contributed by atoms with van der Waals surface area (Å²) >= 11 is 1.24. The van der Waals surface area contributed by atoms with E-state index in [4.69, 9.17) is 10.8 Å². The van der Waals surface area contributed by atoms with Crippen LogP contribution in [0.4, 0.5) is 5.95 Å². The lowest BCUT2D eigenvalue weighted by Gasteiger charge is -2.13. The van der Waals surface area contributed by atoms with E-state index in [0.29, 0.717) is 29.4 Å². The van der Waals surface area contributed by atoms with E-state index < -0.39 is 23.9 Å². The van der Waals surface area contributed by atoms with Gasteiger partial charge in [-0.2, -0.15) is 16.3 Å². The summed E-state index contributed by atoms with van der Waals surface area (Å²) in [4.78, 5) is 55.8. The molecule has 3 aromatic heterocycles. The van der Waals surface area contributed by atoms with Crippen LogP contribution in [0.3, 0.4) is 0 Å². The summed E-state index contributed by atoms with van der Waals surface area (Å²) in [5.74, 6) is 2.77. The normalized spacial score (nSPS) is 11.5. The van der Waals surface area contributed by atoms with Gasteiger partial charge in [0.25, 0.3) is 11.5 Å². The molecule has 0 aliphatic rings. The smallest absolute Gasteiger partial charge is 0.326 e. The van der Waals surface area contributed by atoms with Gasteiger partial charge in [-0.15, -0.1) is 0 Å². The Morgan fingerprint density at radius 2 is 2.03 bits per heavy atom. The Morgan fingerprint density at radius 1 is 1.25 bits per heavy atom. The number of carbonyl (C=O) groups is 3. The number of aliphatic carboxylic acids is 2. The maximum atomic E-state index is 12.5. The van der Waals surface area contributed by atoms with Crippen molar-refractivity contribution in [3.8, 4) is 11.8 Å². The number of rotatable bonds is 8. The van der Waals surface area contributed by atoms with Crippen LogP contribution in [0.15, 0.2) is 21.6 Å². The lowest BCUT2D eigenvalue weighted by Crippen LogP contribution is -2.41. The van der Waals surface area contributed by atoms with Crippen molar-refractivity contribution in [3.05, 3.63) is 44.0 Å². The molecule has 11 nitrogen and oxygen atoms in total. The molecule has 3 heterocycles. The Balaban J connectivity index is 1.64. The number of amides is 1. The van der Waals surface area contributed by atoms with Crippen molar-refractivity contribution in [2.24, 2.45) is 0 Å². The third kappa shape index (κ3) is 5.52. The molecule has 0 aromatic carbocycles. The molecule has 1 atom stereocenters. The van der Waals surface area contributed by atoms with Gasteiger partial charge in [-0.3, -0.25) is 19.4 Å². The number of aromatic amines is 2. The fourth-order valence-electron chi connectivity index (χ4n) is 2.91. The van der Waals surface area contributed by atoms with Crippen LogP contribution in [0, 0.1) is 11.8 Å². The van der Waals surface area contributed by atoms with Crippen molar-refractivity contribution in [3.63, 3.8) is 0 Å². The van der Waals surface area contributed by atoms with Crippen LogP contribution >= 0.6 is 11.3 Å². The monoisotopic (exact) mass is 457 g/mol. The zero-order valence-electron chi connectivity index (χ0n) is 16.6. The average molecular weight is 457 g/mol. The summed E-state index contributed by atoms with van der Waals surface area (Å²) in [6, 6.07) is 0.363. The summed E-state index contributed by atoms with van der Waals surface area (Å²) < 4.78 is 0. The van der Waals surface area contributed by atoms with Gasteiger partial charge in [-0.25, -0.2) is 4.79 Å². The van der Waals surface area contributed by atoms with E-state index >= 15 is 0 Å². The molecule has 0 saturated carbocycles. The summed E-state index contributed by atoms with van der Waals surface area (Å²) in [6.45, 7) is 0. The van der Waals surface area contributed by atoms with Gasteiger partial charge in [0, 0.05) is 34.9 Å². The Labute approximate surface area is 184 Å². The highest BCUT2D eigenvalue weighted by Crippen LogP contribution is 2.15. The number of hydrogen-bond donors (Lipinski definition) is 6. The maximum Gasteiger partial charge on any atom is 0.326 e. The van der Waals surface area contributed by atoms with Gasteiger partial charge >= 0.3 is 11.9 Å². The van der Waals surface area contributed by atoms with Crippen LogP contribution in [0.2, 0.25) is 0 Å². The molecule has 166 valence electrons. The highest BCUT2D eigenvalue weighted by atomic mass is 32.1. The second kappa shape index (κ2) is 9.80. The quantitative estimate of drug-likeness (QED) is 0.269. The predicted octanol–water partition coefficient (Wildman–Crippen LogP) is 0.927. The summed E-state index contributed by atoms with van der Waals surface area (Å²) in [5.41, 5.74) is 7.00. The Bertz CT molecular complexity index is 1300. The number of carboxylic acids is 2. The Morgan fingerprint density at radius 3 is 2.75 bits per heavy atom. The fraction of sp³-hybridized carbons (Fsp3) is 0.250. The van der Waals surface area contributed by atoms with Gasteiger partial charge in [-0.1, -0.05) is 11.8 Å². The van der Waals surface area contributed by atoms with Crippen molar-refractivity contribution < 1.29 is 24.6 Å². The number of aromatic nitrogens is 3. The maximum absolute atomic E-state index is 12.5. The number of anilines is 1. The number of nitrogens with one attached hydrogen (secondary N) is 3. The first-order valence-corrected chi connectivity index (χ1v) is 10.4. The van der Waals surface area contributed by atoms with Crippen LogP contribution < -0.4 is 16.6 Å². The summed E-state index contributed by atoms with van der Waals surface area (Å²) in [5, 5.41) is 23.9. The van der Waals surface area contributed by atoms with Gasteiger partial charge in [-0.05, 0) is 18.9 Å². The molecule has 7 N–H and O–H groups in total. The fourth-order valence-corrected chi connectivity index (χ4v) is 3.67. The number of carbonyl (C=O) groups excluding carboxylic acids is 1. The number of thiophene rings is 1. The van der Waals surface area contributed by atoms with E-state index in [1.54, 1.807) is 16.8 Å². The predicted molar refractivity (Wildman–Crippen MR) is 116 cm³/mol. The van der Waals surface area contributed by atoms with Crippen LogP contribution in [0.5, 0.6) is 0 Å². The van der Waals surface area contributed by atoms with Crippen LogP contribution in [0.1, 0.15) is 40.9 Å². The SMILES string of the molecule is Nc1nc2[nH]c(CCC#Cc3cscc3C(=O)N[C@@H](CCC(=O)O)C(=O)O)cc2c(=O)[nH]1. The number of nitrogens with two attached hydrogens (primary N) is 1. The molecule has 0 fully saturated rings. The topological polar surface area (TPSA) is 191 Å². The lowest BCUT2D eigenvalue weighted by atomic mass is 10.1. The summed E-state index contributed by atoms with van der Waals surface area (Å²) in [7, 11) is 0. The average Bonchev–Trinajstić information content (AvgIpc) is 3.34. The lowest BCUT2D eigenvalue weighted by molar-refractivity contribution is -0.140. The first-order chi connectivity index (χ1) is 15.2. The first-order valence-electron chi connectivity index (χ1n) is 9.42. The molecule has 0 saturated heterocycles. The van der Waals surface area contributed by atoms with E-state index in [9.17, 15) is 24.3 Å². The molecule has 32 heavy (non-hydrogen) atoms. The number of hydrogen-bond acceptors (Lipinski definition) is 7. The van der Waals surface area contributed by atoms with Crippen LogP contribution in [0.25, 0.3) is 11.0 Å². The molecule has 0 radical (unpaired) electrons. The number of aryl methyl sites for hydroxylation is 1. The molecular formula is C20H19N5O6S. The molecule has 0 aliphatic carbocycles. The number of nitrogens with zero attached hydrogens (tertiary/aromatic N) is 1. The van der Waals surface area contributed by atoms with Crippen molar-refractivity contribution in [2.75, 3.05) is 5.73 Å². The number of nitrogen functional groups attached to an aromatic ring is 1. The van der Waals surface area contributed by atoms with Crippen LogP contribution in [-0.4, -0.2) is 49.1 Å². The second-order valence-electron chi connectivity index (χ2n) is 6.81. The van der Waals surface area contributed by atoms with Gasteiger partial charge in [0.1, 0.15) is 11.7 Å². The summed E-state index contributed by atoms with van der Waals surface area (Å²) in [6.07, 6.45) is 0.322. The van der Waals surface area contributed by atoms with E-state index in [1.165, 1.54) is 11.3 Å². The van der Waals surface area contributed by atoms with E-state index in [-0.39, 0.29) is 29.9 Å². The van der Waals surface area contributed by atoms with E-state index in [2.05, 4.69) is 32.1 Å². The minimum atomic E-state index is -1.31. The van der Waals surface area contributed by atoms with Gasteiger partial charge < -0.3 is 26.2 Å². The molecule has 0 spiro atoms. The number of carboxylic acid groups (broad SMARTS) is 2. The molecule has 12 heteroatoms. The largest absolute Gasteiger partial charge is 0.481 e. The number of H-pyrrole nitrogens is 2. The molecule has 0 aliphatic heterocycles. The van der Waals surface area contributed by atoms with Crippen molar-refractivity contribution in [2.45, 2.75) is 31.7 Å². The zero-order chi connectivity index (χ0) is 23.3. The third-order valence-electron chi connectivity index (χ3n) is 4.47. The second-order valence-corrected chi connectivity index (χ2v) is 7.55. The highest BCUT2D eigenvalue weighted by molar-refractivity contribution is 7.08. The highest BCUT2D eigenvalue weighted by Gasteiger charge is 2.23. The molecule has 0 unspecified atom stereocenters. The Kier molecular flexibility index (Phi) is 6.91. The van der Waals surface area contributed by atoms with Crippen molar-refractivity contribution in [1.29, 1.82) is 0 Å². The zero-order valence-corrected chi connectivity index (χ0v) is 17.4. The molecule has 1 amide bonds. The first kappa shape index (κ1) is 22.6. The van der Waals surface area contributed by atoms with Gasteiger partial charge in [0.15, 0.2) is 0 Å². The standard InChI is InChI=1S/C20H19N5O6S/c21-20-24-16-12(17(28)25-20)7-11(22-16)4-2-1-3-10-8-32-9-13(10)18(29)23-14(19(30)31)5-6-15(26)27/h7-9,14H,2,4-6H2,(H,23,29)(H,26,27)(H,30,31)(H4,21,22,24,25,28)/t14-/m0/s1. The van der Waals surface area contributed by atoms with Gasteiger partial charge in [0.2, 0.25) is 5.95 Å². The minimum Gasteiger partial charge on any atom is -0.481 e. The Hall–Kier alpha value is -4.11. The van der Waals surface area contributed by atoms with Crippen molar-refractivity contribution in [1.82, 2.24) is 20.3 Å². The van der Waals surface area contributed by atoms with Gasteiger partial charge in [0.05, 0.1) is 10.9 Å². The van der Waals surface area contributed by atoms with Crippen LogP contribution in [-0.2, 0) is 16.0 Å². The molecule has 3 aromatic rings. The van der Waals surface area contributed by atoms with E-state index in [0.717, 1.165) is 5.69 Å². The van der Waals surface area contributed by atoms with Crippen molar-refractivity contribution >= 4 is 46.2 Å².